The number of nitrogens with one attached hydrogen (secondary N) is 1. The lowest BCUT2D eigenvalue weighted by molar-refractivity contribution is 0.589. The highest BCUT2D eigenvalue weighted by Gasteiger charge is 2.24. The maximum absolute atomic E-state index is 13.6. The summed E-state index contributed by atoms with van der Waals surface area (Å²) >= 11 is 0. The molecule has 0 saturated heterocycles. The largest absolute Gasteiger partial charge is 0.354 e. The topological polar surface area (TPSA) is 54.9 Å². The van der Waals surface area contributed by atoms with Gasteiger partial charge < -0.3 is 4.98 Å². The van der Waals surface area contributed by atoms with E-state index in [4.69, 9.17) is 0 Å². The molecule has 33 heavy (non-hydrogen) atoms. The SMILES string of the molecule is O=S(=O)(c1ccccc1)n1cc(-c2[nH]c3ccccc3c2-c2ccccc2)c2ccccc21. The van der Waals surface area contributed by atoms with Crippen LogP contribution in [0.4, 0.5) is 0 Å². The van der Waals surface area contributed by atoms with Gasteiger partial charge >= 0.3 is 0 Å². The number of rotatable bonds is 4. The van der Waals surface area contributed by atoms with Crippen LogP contribution in [0.15, 0.2) is 120 Å². The van der Waals surface area contributed by atoms with Crippen LogP contribution in [0.3, 0.4) is 0 Å². The number of hydrogen-bond acceptors (Lipinski definition) is 2. The van der Waals surface area contributed by atoms with Gasteiger partial charge in [-0.1, -0.05) is 84.9 Å². The van der Waals surface area contributed by atoms with Crippen molar-refractivity contribution >= 4 is 31.8 Å². The molecular formula is C28H20N2O2S. The Balaban J connectivity index is 1.68. The monoisotopic (exact) mass is 448 g/mol. The molecule has 4 aromatic carbocycles. The van der Waals surface area contributed by atoms with Gasteiger partial charge in [-0.3, -0.25) is 0 Å². The summed E-state index contributed by atoms with van der Waals surface area (Å²) in [4.78, 5) is 3.83. The lowest BCUT2D eigenvalue weighted by atomic mass is 9.98. The summed E-state index contributed by atoms with van der Waals surface area (Å²) in [5, 5.41) is 1.97. The number of hydrogen-bond donors (Lipinski definition) is 1. The summed E-state index contributed by atoms with van der Waals surface area (Å²) in [6.45, 7) is 0. The van der Waals surface area contributed by atoms with Crippen LogP contribution in [0.1, 0.15) is 0 Å². The molecule has 2 aromatic heterocycles. The molecule has 0 unspecified atom stereocenters. The van der Waals surface area contributed by atoms with E-state index >= 15 is 0 Å². The van der Waals surface area contributed by atoms with Gasteiger partial charge in [0.15, 0.2) is 0 Å². The molecule has 0 aliphatic heterocycles. The molecule has 6 rings (SSSR count). The van der Waals surface area contributed by atoms with E-state index in [1.54, 1.807) is 30.5 Å². The van der Waals surface area contributed by atoms with Crippen LogP contribution >= 0.6 is 0 Å². The summed E-state index contributed by atoms with van der Waals surface area (Å²) < 4.78 is 28.5. The molecule has 1 N–H and O–H groups in total. The van der Waals surface area contributed by atoms with Gasteiger partial charge in [-0.05, 0) is 29.8 Å². The summed E-state index contributed by atoms with van der Waals surface area (Å²) in [5.74, 6) is 0. The minimum atomic E-state index is -3.76. The summed E-state index contributed by atoms with van der Waals surface area (Å²) in [5.41, 5.74) is 5.54. The van der Waals surface area contributed by atoms with E-state index in [0.29, 0.717) is 5.52 Å². The van der Waals surface area contributed by atoms with E-state index in [1.807, 2.05) is 66.7 Å². The van der Waals surface area contributed by atoms with E-state index in [0.717, 1.165) is 38.7 Å². The summed E-state index contributed by atoms with van der Waals surface area (Å²) in [7, 11) is -3.76. The van der Waals surface area contributed by atoms with E-state index in [9.17, 15) is 8.42 Å². The first kappa shape index (κ1) is 19.6. The highest BCUT2D eigenvalue weighted by molar-refractivity contribution is 7.90. The van der Waals surface area contributed by atoms with Crippen LogP contribution in [0.2, 0.25) is 0 Å². The van der Waals surface area contributed by atoms with Gasteiger partial charge in [-0.25, -0.2) is 12.4 Å². The van der Waals surface area contributed by atoms with E-state index < -0.39 is 10.0 Å². The van der Waals surface area contributed by atoms with E-state index in [-0.39, 0.29) is 4.90 Å². The fourth-order valence-corrected chi connectivity index (χ4v) is 5.89. The van der Waals surface area contributed by atoms with Crippen molar-refractivity contribution in [3.05, 3.63) is 115 Å². The maximum Gasteiger partial charge on any atom is 0.268 e. The van der Waals surface area contributed by atoms with Crippen molar-refractivity contribution in [2.24, 2.45) is 0 Å². The second kappa shape index (κ2) is 7.50. The Labute approximate surface area is 191 Å². The molecule has 160 valence electrons. The quantitative estimate of drug-likeness (QED) is 0.326. The minimum absolute atomic E-state index is 0.261. The molecule has 0 fully saturated rings. The lowest BCUT2D eigenvalue weighted by Crippen LogP contribution is -2.11. The fourth-order valence-electron chi connectivity index (χ4n) is 4.50. The molecule has 0 amide bonds. The number of aromatic nitrogens is 2. The first-order valence-electron chi connectivity index (χ1n) is 10.7. The van der Waals surface area contributed by atoms with E-state index in [2.05, 4.69) is 23.2 Å². The summed E-state index contributed by atoms with van der Waals surface area (Å²) in [6.07, 6.45) is 1.74. The molecule has 0 radical (unpaired) electrons. The number of fused-ring (bicyclic) bond motifs is 2. The first-order chi connectivity index (χ1) is 16.1. The Morgan fingerprint density at radius 2 is 1.24 bits per heavy atom. The molecule has 5 heteroatoms. The number of aromatic amines is 1. The number of nitrogens with zero attached hydrogens (tertiary/aromatic N) is 1. The number of H-pyrrole nitrogens is 1. The predicted molar refractivity (Wildman–Crippen MR) is 134 cm³/mol. The highest BCUT2D eigenvalue weighted by Crippen LogP contribution is 2.42. The Morgan fingerprint density at radius 3 is 2.00 bits per heavy atom. The van der Waals surface area contributed by atoms with Crippen LogP contribution in [0, 0.1) is 0 Å². The second-order valence-electron chi connectivity index (χ2n) is 7.96. The van der Waals surface area contributed by atoms with Crippen molar-refractivity contribution in [3.63, 3.8) is 0 Å². The zero-order valence-corrected chi connectivity index (χ0v) is 18.5. The molecule has 4 nitrogen and oxygen atoms in total. The van der Waals surface area contributed by atoms with Gasteiger partial charge in [0, 0.05) is 33.6 Å². The Hall–Kier alpha value is -4.09. The smallest absolute Gasteiger partial charge is 0.268 e. The van der Waals surface area contributed by atoms with Gasteiger partial charge in [0.25, 0.3) is 10.0 Å². The molecular weight excluding hydrogens is 428 g/mol. The Kier molecular flexibility index (Phi) is 4.45. The average Bonchev–Trinajstić information content (AvgIpc) is 3.44. The van der Waals surface area contributed by atoms with Crippen molar-refractivity contribution in [2.75, 3.05) is 0 Å². The normalized spacial score (nSPS) is 11.9. The van der Waals surface area contributed by atoms with Crippen molar-refractivity contribution in [1.29, 1.82) is 0 Å². The number of benzene rings is 4. The highest BCUT2D eigenvalue weighted by atomic mass is 32.2. The van der Waals surface area contributed by atoms with Crippen molar-refractivity contribution < 1.29 is 8.42 Å². The third kappa shape index (κ3) is 3.09. The van der Waals surface area contributed by atoms with Crippen LogP contribution in [0.5, 0.6) is 0 Å². The lowest BCUT2D eigenvalue weighted by Gasteiger charge is -2.07. The van der Waals surface area contributed by atoms with Gasteiger partial charge in [-0.2, -0.15) is 0 Å². The minimum Gasteiger partial charge on any atom is -0.354 e. The van der Waals surface area contributed by atoms with Gasteiger partial charge in [0.2, 0.25) is 0 Å². The average molecular weight is 449 g/mol. The molecule has 0 saturated carbocycles. The van der Waals surface area contributed by atoms with Crippen LogP contribution < -0.4 is 0 Å². The molecule has 0 atom stereocenters. The molecule has 0 bridgehead atoms. The third-order valence-corrected chi connectivity index (χ3v) is 7.70. The van der Waals surface area contributed by atoms with Crippen molar-refractivity contribution in [3.8, 4) is 22.4 Å². The summed E-state index contributed by atoms with van der Waals surface area (Å²) in [6, 6.07) is 34.5. The molecule has 2 heterocycles. The van der Waals surface area contributed by atoms with Crippen LogP contribution in [0.25, 0.3) is 44.2 Å². The van der Waals surface area contributed by atoms with Gasteiger partial charge in [-0.15, -0.1) is 0 Å². The van der Waals surface area contributed by atoms with Gasteiger partial charge in [0.05, 0.1) is 16.1 Å². The third-order valence-electron chi connectivity index (χ3n) is 6.02. The number of para-hydroxylation sites is 2. The Bertz CT molecular complexity index is 1710. The van der Waals surface area contributed by atoms with Crippen LogP contribution in [-0.4, -0.2) is 17.4 Å². The zero-order chi connectivity index (χ0) is 22.4. The molecule has 0 aliphatic carbocycles. The van der Waals surface area contributed by atoms with Crippen molar-refractivity contribution in [2.45, 2.75) is 4.90 Å². The maximum atomic E-state index is 13.6. The molecule has 6 aromatic rings. The predicted octanol–water partition coefficient (Wildman–Crippen LogP) is 6.69. The first-order valence-corrected chi connectivity index (χ1v) is 12.2. The van der Waals surface area contributed by atoms with Gasteiger partial charge in [0.1, 0.15) is 0 Å². The zero-order valence-electron chi connectivity index (χ0n) is 17.6. The second-order valence-corrected chi connectivity index (χ2v) is 9.78. The van der Waals surface area contributed by atoms with Crippen LogP contribution in [-0.2, 0) is 10.0 Å². The van der Waals surface area contributed by atoms with E-state index in [1.165, 1.54) is 3.97 Å². The standard InChI is InChI=1S/C28H20N2O2S/c31-33(32,21-13-5-2-6-14-21)30-19-24(22-15-8-10-18-26(22)30)28-27(20-11-3-1-4-12-20)23-16-7-9-17-25(23)29-28/h1-19,29H. The fraction of sp³-hybridized carbons (Fsp3) is 0. The Morgan fingerprint density at radius 1 is 0.636 bits per heavy atom. The molecule has 0 aliphatic rings. The molecule has 0 spiro atoms. The van der Waals surface area contributed by atoms with Crippen molar-refractivity contribution in [1.82, 2.24) is 8.96 Å².